The lowest BCUT2D eigenvalue weighted by Gasteiger charge is -2.29. The third-order valence-corrected chi connectivity index (χ3v) is 5.74. The minimum atomic E-state index is -3.17. The highest BCUT2D eigenvalue weighted by Gasteiger charge is 2.21. The molecule has 1 aromatic carbocycles. The summed E-state index contributed by atoms with van der Waals surface area (Å²) in [7, 11) is -3.17. The van der Waals surface area contributed by atoms with E-state index in [1.54, 1.807) is 26.0 Å². The number of hydrogen-bond acceptors (Lipinski definition) is 4. The Morgan fingerprint density at radius 3 is 2.21 bits per heavy atom. The quantitative estimate of drug-likeness (QED) is 0.882. The van der Waals surface area contributed by atoms with E-state index in [1.165, 1.54) is 0 Å². The molecular formula is C14H22N2O2S. The topological polar surface area (TPSA) is 58.2 Å². The second-order valence-electron chi connectivity index (χ2n) is 5.43. The van der Waals surface area contributed by atoms with Crippen molar-refractivity contribution in [3.63, 3.8) is 0 Å². The largest absolute Gasteiger partial charge is 0.311 e. The number of nitrogens with one attached hydrogen (secondary N) is 2. The standard InChI is InChI=1S/C14H22N2O2S/c1-10(2)19(17,18)13-6-4-12(5-7-13)14-9-15-11(3)8-16-14/h4-7,10-11,14-16H,8-9H2,1-3H3. The average molecular weight is 282 g/mol. The second-order valence-corrected chi connectivity index (χ2v) is 7.94. The van der Waals surface area contributed by atoms with Gasteiger partial charge in [-0.15, -0.1) is 0 Å². The molecule has 1 saturated heterocycles. The van der Waals surface area contributed by atoms with Crippen LogP contribution < -0.4 is 10.6 Å². The summed E-state index contributed by atoms with van der Waals surface area (Å²) in [6, 6.07) is 7.98. The molecule has 2 rings (SSSR count). The summed E-state index contributed by atoms with van der Waals surface area (Å²) in [6.45, 7) is 7.35. The Morgan fingerprint density at radius 2 is 1.74 bits per heavy atom. The minimum absolute atomic E-state index is 0.256. The monoisotopic (exact) mass is 282 g/mol. The fraction of sp³-hybridized carbons (Fsp3) is 0.571. The van der Waals surface area contributed by atoms with Crippen molar-refractivity contribution < 1.29 is 8.42 Å². The number of sulfone groups is 1. The lowest BCUT2D eigenvalue weighted by Crippen LogP contribution is -2.48. The van der Waals surface area contributed by atoms with Crippen LogP contribution in [0, 0.1) is 0 Å². The highest BCUT2D eigenvalue weighted by molar-refractivity contribution is 7.92. The number of benzene rings is 1. The van der Waals surface area contributed by atoms with Gasteiger partial charge in [-0.05, 0) is 38.5 Å². The summed E-state index contributed by atoms with van der Waals surface area (Å²) in [6.07, 6.45) is 0. The summed E-state index contributed by atoms with van der Waals surface area (Å²) in [5.74, 6) is 0. The molecule has 1 fully saturated rings. The molecule has 5 heteroatoms. The van der Waals surface area contributed by atoms with Crippen LogP contribution >= 0.6 is 0 Å². The van der Waals surface area contributed by atoms with E-state index in [0.29, 0.717) is 10.9 Å². The molecule has 2 atom stereocenters. The Bertz CT molecular complexity index is 515. The Morgan fingerprint density at radius 1 is 1.11 bits per heavy atom. The highest BCUT2D eigenvalue weighted by atomic mass is 32.2. The van der Waals surface area contributed by atoms with Crippen LogP contribution in [0.4, 0.5) is 0 Å². The van der Waals surface area contributed by atoms with Crippen molar-refractivity contribution >= 4 is 9.84 Å². The Labute approximate surface area is 115 Å². The van der Waals surface area contributed by atoms with Crippen molar-refractivity contribution in [2.75, 3.05) is 13.1 Å². The van der Waals surface area contributed by atoms with Gasteiger partial charge in [0.15, 0.2) is 9.84 Å². The molecule has 0 amide bonds. The Hall–Kier alpha value is -0.910. The highest BCUT2D eigenvalue weighted by Crippen LogP contribution is 2.20. The van der Waals surface area contributed by atoms with Crippen LogP contribution in [-0.4, -0.2) is 32.8 Å². The molecule has 1 aromatic rings. The van der Waals surface area contributed by atoms with Crippen molar-refractivity contribution in [3.8, 4) is 0 Å². The van der Waals surface area contributed by atoms with E-state index in [9.17, 15) is 8.42 Å². The molecule has 1 heterocycles. The van der Waals surface area contributed by atoms with E-state index in [-0.39, 0.29) is 11.3 Å². The second kappa shape index (κ2) is 5.61. The smallest absolute Gasteiger partial charge is 0.180 e. The van der Waals surface area contributed by atoms with Crippen LogP contribution in [0.15, 0.2) is 29.2 Å². The first kappa shape index (κ1) is 14.5. The lowest BCUT2D eigenvalue weighted by molar-refractivity contribution is 0.366. The first-order valence-electron chi connectivity index (χ1n) is 6.72. The Kier molecular flexibility index (Phi) is 4.28. The molecule has 0 bridgehead atoms. The van der Waals surface area contributed by atoms with Crippen LogP contribution in [0.2, 0.25) is 0 Å². The van der Waals surface area contributed by atoms with Gasteiger partial charge >= 0.3 is 0 Å². The summed E-state index contributed by atoms with van der Waals surface area (Å²) in [4.78, 5) is 0.406. The molecule has 0 aromatic heterocycles. The number of piperazine rings is 1. The van der Waals surface area contributed by atoms with Crippen LogP contribution in [0.1, 0.15) is 32.4 Å². The zero-order valence-corrected chi connectivity index (χ0v) is 12.5. The van der Waals surface area contributed by atoms with Crippen LogP contribution in [0.3, 0.4) is 0 Å². The third-order valence-electron chi connectivity index (χ3n) is 3.57. The van der Waals surface area contributed by atoms with E-state index >= 15 is 0 Å². The van der Waals surface area contributed by atoms with Gasteiger partial charge in [0.2, 0.25) is 0 Å². The molecule has 2 N–H and O–H groups in total. The number of rotatable bonds is 3. The molecule has 1 aliphatic heterocycles. The predicted octanol–water partition coefficient (Wildman–Crippen LogP) is 1.49. The van der Waals surface area contributed by atoms with Gasteiger partial charge in [0.1, 0.15) is 0 Å². The molecule has 2 unspecified atom stereocenters. The van der Waals surface area contributed by atoms with Gasteiger partial charge in [0.05, 0.1) is 10.1 Å². The van der Waals surface area contributed by atoms with Crippen molar-refractivity contribution in [1.29, 1.82) is 0 Å². The molecular weight excluding hydrogens is 260 g/mol. The average Bonchev–Trinajstić information content (AvgIpc) is 2.39. The molecule has 4 nitrogen and oxygen atoms in total. The van der Waals surface area contributed by atoms with Gasteiger partial charge in [-0.2, -0.15) is 0 Å². The zero-order chi connectivity index (χ0) is 14.0. The maximum atomic E-state index is 12.0. The molecule has 19 heavy (non-hydrogen) atoms. The maximum Gasteiger partial charge on any atom is 0.180 e. The van der Waals surface area contributed by atoms with Crippen LogP contribution in [0.25, 0.3) is 0 Å². The Balaban J connectivity index is 2.15. The van der Waals surface area contributed by atoms with Gasteiger partial charge in [0.25, 0.3) is 0 Å². The van der Waals surface area contributed by atoms with Crippen molar-refractivity contribution in [3.05, 3.63) is 29.8 Å². The summed E-state index contributed by atoms with van der Waals surface area (Å²) in [5, 5.41) is 6.49. The van der Waals surface area contributed by atoms with Gasteiger partial charge < -0.3 is 10.6 Å². The summed E-state index contributed by atoms with van der Waals surface area (Å²) in [5.41, 5.74) is 1.13. The third kappa shape index (κ3) is 3.16. The molecule has 0 aliphatic carbocycles. The number of hydrogen-bond donors (Lipinski definition) is 2. The van der Waals surface area contributed by atoms with Crippen molar-refractivity contribution in [1.82, 2.24) is 10.6 Å². The fourth-order valence-electron chi connectivity index (χ4n) is 2.18. The van der Waals surface area contributed by atoms with Crippen LogP contribution in [-0.2, 0) is 9.84 Å². The zero-order valence-electron chi connectivity index (χ0n) is 11.7. The SMILES string of the molecule is CC1CNC(c2ccc(S(=O)(=O)C(C)C)cc2)CN1. The van der Waals surface area contributed by atoms with Gasteiger partial charge in [0, 0.05) is 25.2 Å². The molecule has 0 radical (unpaired) electrons. The fourth-order valence-corrected chi connectivity index (χ4v) is 3.24. The minimum Gasteiger partial charge on any atom is -0.311 e. The summed E-state index contributed by atoms with van der Waals surface area (Å²) >= 11 is 0. The normalized spacial score (nSPS) is 24.6. The molecule has 0 spiro atoms. The van der Waals surface area contributed by atoms with Gasteiger partial charge in [-0.1, -0.05) is 12.1 Å². The van der Waals surface area contributed by atoms with Crippen LogP contribution in [0.5, 0.6) is 0 Å². The predicted molar refractivity (Wildman–Crippen MR) is 77.0 cm³/mol. The van der Waals surface area contributed by atoms with Crippen molar-refractivity contribution in [2.24, 2.45) is 0 Å². The summed E-state index contributed by atoms with van der Waals surface area (Å²) < 4.78 is 24.1. The van der Waals surface area contributed by atoms with E-state index < -0.39 is 9.84 Å². The van der Waals surface area contributed by atoms with Crippen molar-refractivity contribution in [2.45, 2.75) is 43.0 Å². The van der Waals surface area contributed by atoms with Gasteiger partial charge in [-0.25, -0.2) is 8.42 Å². The van der Waals surface area contributed by atoms with E-state index in [2.05, 4.69) is 17.6 Å². The molecule has 0 saturated carbocycles. The molecule has 1 aliphatic rings. The van der Waals surface area contributed by atoms with E-state index in [0.717, 1.165) is 18.7 Å². The molecule has 106 valence electrons. The lowest BCUT2D eigenvalue weighted by atomic mass is 10.0. The van der Waals surface area contributed by atoms with Gasteiger partial charge in [-0.3, -0.25) is 0 Å². The first-order valence-corrected chi connectivity index (χ1v) is 8.26. The van der Waals surface area contributed by atoms with E-state index in [1.807, 2.05) is 12.1 Å². The maximum absolute atomic E-state index is 12.0. The first-order chi connectivity index (χ1) is 8.91. The van der Waals surface area contributed by atoms with E-state index in [4.69, 9.17) is 0 Å².